The molecule has 1 aliphatic heterocycles. The lowest BCUT2D eigenvalue weighted by atomic mass is 9.95. The molecule has 2 aromatic carbocycles. The Kier molecular flexibility index (Phi) is 5.43. The Hall–Kier alpha value is -1.57. The van der Waals surface area contributed by atoms with E-state index in [1.165, 1.54) is 12.1 Å². The third kappa shape index (κ3) is 3.58. The normalized spacial score (nSPS) is 17.0. The molecule has 0 spiro atoms. The number of rotatable bonds is 5. The number of carbonyl (C=O) groups excluding carboxylic acids is 1. The van der Waals surface area contributed by atoms with E-state index in [1.54, 1.807) is 30.3 Å². The Morgan fingerprint density at radius 1 is 1.08 bits per heavy atom. The zero-order chi connectivity index (χ0) is 17.0. The Morgan fingerprint density at radius 3 is 2.29 bits per heavy atom. The van der Waals surface area contributed by atoms with Crippen LogP contribution in [0.5, 0.6) is 0 Å². The predicted octanol–water partition coefficient (Wildman–Crippen LogP) is 4.27. The molecule has 1 heterocycles. The minimum Gasteiger partial charge on any atom is -0.343 e. The van der Waals surface area contributed by atoms with Gasteiger partial charge in [-0.1, -0.05) is 65.1 Å². The number of hydrogen-bond donors (Lipinski definition) is 0. The van der Waals surface area contributed by atoms with Crippen LogP contribution in [0, 0.1) is 5.82 Å². The first kappa shape index (κ1) is 17.3. The molecule has 2 aromatic rings. The number of alkyl halides is 1. The van der Waals surface area contributed by atoms with Crippen molar-refractivity contribution >= 4 is 34.5 Å². The number of halogens is 2. The maximum absolute atomic E-state index is 13.2. The van der Waals surface area contributed by atoms with Gasteiger partial charge in [0.15, 0.2) is 5.78 Å². The first-order chi connectivity index (χ1) is 11.6. The highest BCUT2D eigenvalue weighted by Crippen LogP contribution is 2.34. The molecule has 1 aliphatic rings. The number of carbonyl (C=O) groups is 1. The number of hydrogen-bond acceptors (Lipinski definition) is 3. The summed E-state index contributed by atoms with van der Waals surface area (Å²) in [5.41, 5.74) is 1.71. The van der Waals surface area contributed by atoms with Crippen LogP contribution in [-0.2, 0) is 9.47 Å². The number of ketones is 1. The van der Waals surface area contributed by atoms with Gasteiger partial charge in [-0.15, -0.1) is 0 Å². The average Bonchev–Trinajstić information content (AvgIpc) is 3.11. The van der Waals surface area contributed by atoms with Crippen molar-refractivity contribution < 1.29 is 18.7 Å². The van der Waals surface area contributed by atoms with Crippen LogP contribution in [0.1, 0.15) is 15.9 Å². The number of Topliss-reactive ketones (excluding diaryl/α,β-unsaturated/α-hetero) is 1. The topological polar surface area (TPSA) is 35.5 Å². The van der Waals surface area contributed by atoms with Crippen LogP contribution in [0.4, 0.5) is 4.39 Å². The van der Waals surface area contributed by atoms with Gasteiger partial charge in [0.1, 0.15) is 5.82 Å². The van der Waals surface area contributed by atoms with Gasteiger partial charge in [-0.2, -0.15) is 0 Å². The van der Waals surface area contributed by atoms with E-state index in [0.29, 0.717) is 28.8 Å². The Morgan fingerprint density at radius 2 is 1.71 bits per heavy atom. The van der Waals surface area contributed by atoms with E-state index in [-0.39, 0.29) is 11.6 Å². The molecule has 0 atom stereocenters. The van der Waals surface area contributed by atoms with Gasteiger partial charge in [0, 0.05) is 5.56 Å². The SMILES string of the molecule is O=C(/C(=C\c1ccc(F)cc1)C1(CI)OCCO1)c1ccccc1. The minimum absolute atomic E-state index is 0.154. The minimum atomic E-state index is -1.07. The summed E-state index contributed by atoms with van der Waals surface area (Å²) in [6.45, 7) is 0.873. The summed E-state index contributed by atoms with van der Waals surface area (Å²) in [5.74, 6) is -1.54. The standard InChI is InChI=1S/C19H16FIO3/c20-16-8-6-14(7-9-16)12-17(19(13-21)23-10-11-24-19)18(22)15-4-2-1-3-5-15/h1-9,12H,10-11,13H2/b17-12+. The van der Waals surface area contributed by atoms with Gasteiger partial charge in [-0.05, 0) is 23.8 Å². The molecule has 0 unspecified atom stereocenters. The van der Waals surface area contributed by atoms with Crippen molar-refractivity contribution in [1.82, 2.24) is 0 Å². The molecule has 3 nitrogen and oxygen atoms in total. The highest BCUT2D eigenvalue weighted by molar-refractivity contribution is 14.1. The molecule has 5 heteroatoms. The molecule has 1 saturated heterocycles. The molecule has 24 heavy (non-hydrogen) atoms. The molecule has 1 fully saturated rings. The molecule has 0 N–H and O–H groups in total. The second-order valence-corrected chi connectivity index (χ2v) is 6.15. The van der Waals surface area contributed by atoms with Gasteiger partial charge in [0.25, 0.3) is 0 Å². The molecule has 0 bridgehead atoms. The van der Waals surface area contributed by atoms with E-state index in [4.69, 9.17) is 9.47 Å². The largest absolute Gasteiger partial charge is 0.343 e. The molecule has 0 aromatic heterocycles. The van der Waals surface area contributed by atoms with Gasteiger partial charge in [0.05, 0.1) is 23.2 Å². The predicted molar refractivity (Wildman–Crippen MR) is 98.7 cm³/mol. The van der Waals surface area contributed by atoms with Crippen molar-refractivity contribution in [3.8, 4) is 0 Å². The molecule has 124 valence electrons. The van der Waals surface area contributed by atoms with Crippen molar-refractivity contribution in [3.05, 3.63) is 77.1 Å². The van der Waals surface area contributed by atoms with Gasteiger partial charge in [-0.3, -0.25) is 4.79 Å². The summed E-state index contributed by atoms with van der Waals surface area (Å²) < 4.78 is 25.2. The molecular weight excluding hydrogens is 422 g/mol. The summed E-state index contributed by atoms with van der Waals surface area (Å²) in [6, 6.07) is 15.0. The van der Waals surface area contributed by atoms with Crippen LogP contribution in [0.15, 0.2) is 60.2 Å². The second-order valence-electron chi connectivity index (χ2n) is 5.39. The van der Waals surface area contributed by atoms with Gasteiger partial charge in [0.2, 0.25) is 5.79 Å². The molecule has 0 aliphatic carbocycles. The van der Waals surface area contributed by atoms with Crippen LogP contribution in [-0.4, -0.2) is 29.2 Å². The van der Waals surface area contributed by atoms with Gasteiger partial charge < -0.3 is 9.47 Å². The van der Waals surface area contributed by atoms with Crippen molar-refractivity contribution in [2.45, 2.75) is 5.79 Å². The van der Waals surface area contributed by atoms with E-state index in [2.05, 4.69) is 22.6 Å². The number of ether oxygens (including phenoxy) is 2. The van der Waals surface area contributed by atoms with E-state index < -0.39 is 5.79 Å². The first-order valence-corrected chi connectivity index (χ1v) is 9.08. The fourth-order valence-corrected chi connectivity index (χ4v) is 3.43. The lowest BCUT2D eigenvalue weighted by Gasteiger charge is -2.27. The van der Waals surface area contributed by atoms with Crippen LogP contribution in [0.3, 0.4) is 0 Å². The van der Waals surface area contributed by atoms with Crippen LogP contribution >= 0.6 is 22.6 Å². The van der Waals surface area contributed by atoms with Crippen LogP contribution in [0.2, 0.25) is 0 Å². The lowest BCUT2D eigenvalue weighted by molar-refractivity contribution is -0.0997. The Bertz CT molecular complexity index is 735. The number of benzene rings is 2. The highest BCUT2D eigenvalue weighted by atomic mass is 127. The van der Waals surface area contributed by atoms with Crippen LogP contribution < -0.4 is 0 Å². The first-order valence-electron chi connectivity index (χ1n) is 7.56. The summed E-state index contributed by atoms with van der Waals surface area (Å²) in [4.78, 5) is 13.1. The summed E-state index contributed by atoms with van der Waals surface area (Å²) >= 11 is 2.16. The fourth-order valence-electron chi connectivity index (χ4n) is 2.58. The van der Waals surface area contributed by atoms with Crippen molar-refractivity contribution in [2.24, 2.45) is 0 Å². The summed E-state index contributed by atoms with van der Waals surface area (Å²) in [7, 11) is 0. The quantitative estimate of drug-likeness (QED) is 0.303. The molecule has 0 saturated carbocycles. The van der Waals surface area contributed by atoms with Crippen molar-refractivity contribution in [3.63, 3.8) is 0 Å². The van der Waals surface area contributed by atoms with Gasteiger partial charge >= 0.3 is 0 Å². The zero-order valence-electron chi connectivity index (χ0n) is 12.9. The van der Waals surface area contributed by atoms with E-state index in [9.17, 15) is 9.18 Å². The van der Waals surface area contributed by atoms with E-state index in [1.807, 2.05) is 18.2 Å². The Labute approximate surface area is 153 Å². The smallest absolute Gasteiger partial charge is 0.208 e. The maximum Gasteiger partial charge on any atom is 0.208 e. The monoisotopic (exact) mass is 438 g/mol. The van der Waals surface area contributed by atoms with E-state index in [0.717, 1.165) is 5.56 Å². The summed E-state index contributed by atoms with van der Waals surface area (Å²) in [6.07, 6.45) is 1.72. The van der Waals surface area contributed by atoms with Crippen LogP contribution in [0.25, 0.3) is 6.08 Å². The summed E-state index contributed by atoms with van der Waals surface area (Å²) in [5, 5.41) is 0. The maximum atomic E-state index is 13.2. The molecular formula is C19H16FIO3. The van der Waals surface area contributed by atoms with Gasteiger partial charge in [-0.25, -0.2) is 4.39 Å². The van der Waals surface area contributed by atoms with Crippen molar-refractivity contribution in [2.75, 3.05) is 17.6 Å². The Balaban J connectivity index is 2.07. The third-order valence-corrected chi connectivity index (χ3v) is 4.81. The average molecular weight is 438 g/mol. The van der Waals surface area contributed by atoms with Crippen molar-refractivity contribution in [1.29, 1.82) is 0 Å². The zero-order valence-corrected chi connectivity index (χ0v) is 15.0. The lowest BCUT2D eigenvalue weighted by Crippen LogP contribution is -2.38. The second kappa shape index (κ2) is 7.55. The van der Waals surface area contributed by atoms with E-state index >= 15 is 0 Å². The molecule has 0 radical (unpaired) electrons. The third-order valence-electron chi connectivity index (χ3n) is 3.80. The molecule has 3 rings (SSSR count). The highest BCUT2D eigenvalue weighted by Gasteiger charge is 2.43. The molecule has 0 amide bonds. The fraction of sp³-hybridized carbons (Fsp3) is 0.211.